The number of aromatic nitrogens is 5. The van der Waals surface area contributed by atoms with Gasteiger partial charge in [0.1, 0.15) is 18.0 Å². The number of benzene rings is 2. The fourth-order valence-corrected chi connectivity index (χ4v) is 4.82. The maximum Gasteiger partial charge on any atom is 0.258 e. The van der Waals surface area contributed by atoms with Gasteiger partial charge in [0.15, 0.2) is 11.0 Å². The average Bonchev–Trinajstić information content (AvgIpc) is 3.25. The number of aryl methyl sites for hydroxylation is 3. The second-order valence-electron chi connectivity index (χ2n) is 8.39. The summed E-state index contributed by atoms with van der Waals surface area (Å²) in [7, 11) is 0. The first-order valence-electron chi connectivity index (χ1n) is 11.3. The van der Waals surface area contributed by atoms with E-state index < -0.39 is 0 Å². The molecule has 35 heavy (non-hydrogen) atoms. The molecular weight excluding hydrogens is 458 g/mol. The van der Waals surface area contributed by atoms with Gasteiger partial charge >= 0.3 is 0 Å². The molecule has 3 heterocycles. The number of para-hydroxylation sites is 2. The minimum absolute atomic E-state index is 0.0992. The van der Waals surface area contributed by atoms with Gasteiger partial charge in [-0.1, -0.05) is 48.2 Å². The number of hydrogen-bond donors (Lipinski definition) is 0. The molecule has 0 fully saturated rings. The molecule has 0 radical (unpaired) electrons. The van der Waals surface area contributed by atoms with Crippen molar-refractivity contribution in [3.8, 4) is 11.4 Å². The molecule has 3 aromatic heterocycles. The molecule has 7 nitrogen and oxygen atoms in total. The van der Waals surface area contributed by atoms with Crippen LogP contribution in [-0.2, 0) is 12.4 Å². The molecule has 0 aliphatic carbocycles. The molecule has 0 saturated heterocycles. The lowest BCUT2D eigenvalue weighted by Crippen LogP contribution is -2.15. The van der Waals surface area contributed by atoms with Crippen LogP contribution in [0.3, 0.4) is 0 Å². The normalized spacial score (nSPS) is 11.2. The van der Waals surface area contributed by atoms with Crippen LogP contribution in [0.2, 0.25) is 0 Å². The zero-order chi connectivity index (χ0) is 24.4. The van der Waals surface area contributed by atoms with Crippen LogP contribution < -0.4 is 10.3 Å². The van der Waals surface area contributed by atoms with Gasteiger partial charge < -0.3 is 4.74 Å². The maximum atomic E-state index is 12.6. The number of fused-ring (bicyclic) bond motifs is 1. The summed E-state index contributed by atoms with van der Waals surface area (Å²) in [5.41, 5.74) is 5.39. The largest absolute Gasteiger partial charge is 0.485 e. The predicted octanol–water partition coefficient (Wildman–Crippen LogP) is 5.07. The maximum absolute atomic E-state index is 12.6. The highest BCUT2D eigenvalue weighted by molar-refractivity contribution is 7.98. The lowest BCUT2D eigenvalue weighted by atomic mass is 10.1. The van der Waals surface area contributed by atoms with E-state index >= 15 is 0 Å². The number of ether oxygens (including phenoxy) is 1. The lowest BCUT2D eigenvalue weighted by molar-refractivity contribution is 0.289. The second kappa shape index (κ2) is 9.76. The first-order chi connectivity index (χ1) is 17.0. The van der Waals surface area contributed by atoms with Gasteiger partial charge in [0.25, 0.3) is 5.56 Å². The van der Waals surface area contributed by atoms with E-state index in [9.17, 15) is 4.79 Å². The van der Waals surface area contributed by atoms with Gasteiger partial charge in [0.2, 0.25) is 0 Å². The average molecular weight is 484 g/mol. The van der Waals surface area contributed by atoms with Crippen LogP contribution in [0.4, 0.5) is 0 Å². The topological polar surface area (TPSA) is 74.3 Å². The fourth-order valence-electron chi connectivity index (χ4n) is 3.95. The molecule has 0 N–H and O–H groups in total. The van der Waals surface area contributed by atoms with Crippen LogP contribution in [0.15, 0.2) is 82.9 Å². The van der Waals surface area contributed by atoms with Crippen molar-refractivity contribution in [2.75, 3.05) is 0 Å². The summed E-state index contributed by atoms with van der Waals surface area (Å²) in [5.74, 6) is 2.05. The van der Waals surface area contributed by atoms with Gasteiger partial charge in [-0.3, -0.25) is 13.8 Å². The summed E-state index contributed by atoms with van der Waals surface area (Å²) >= 11 is 1.49. The van der Waals surface area contributed by atoms with Crippen molar-refractivity contribution in [1.29, 1.82) is 0 Å². The molecule has 0 spiro atoms. The molecule has 5 rings (SSSR count). The number of pyridine rings is 1. The van der Waals surface area contributed by atoms with E-state index in [1.807, 2.05) is 86.0 Å². The summed E-state index contributed by atoms with van der Waals surface area (Å²) in [6.07, 6.45) is 1.76. The SMILES string of the molecule is Cc1ccn2c(=O)cc(CSc3nnc(COc4c(C)cccc4C)n3-c3ccccc3)nc2c1. The molecule has 0 bridgehead atoms. The lowest BCUT2D eigenvalue weighted by Gasteiger charge is -2.13. The fraction of sp³-hybridized carbons (Fsp3) is 0.185. The minimum Gasteiger partial charge on any atom is -0.485 e. The Labute approximate surface area is 207 Å². The smallest absolute Gasteiger partial charge is 0.258 e. The number of hydrogen-bond acceptors (Lipinski definition) is 6. The first-order valence-corrected chi connectivity index (χ1v) is 12.3. The zero-order valence-electron chi connectivity index (χ0n) is 19.8. The number of nitrogens with zero attached hydrogens (tertiary/aromatic N) is 5. The van der Waals surface area contributed by atoms with E-state index in [4.69, 9.17) is 4.74 Å². The molecule has 176 valence electrons. The van der Waals surface area contributed by atoms with Crippen LogP contribution in [0.25, 0.3) is 11.3 Å². The summed E-state index contributed by atoms with van der Waals surface area (Å²) < 4.78 is 9.73. The minimum atomic E-state index is -0.0992. The Kier molecular flexibility index (Phi) is 6.37. The Morgan fingerprint density at radius 2 is 1.69 bits per heavy atom. The number of thioether (sulfide) groups is 1. The molecule has 8 heteroatoms. The standard InChI is InChI=1S/C27H25N5O2S/c1-18-12-13-31-23(14-18)28-21(15-25(31)33)17-35-27-30-29-24(32(27)22-10-5-4-6-11-22)16-34-26-19(2)8-7-9-20(26)3/h4-15H,16-17H2,1-3H3. The summed E-state index contributed by atoms with van der Waals surface area (Å²) in [6.45, 7) is 6.33. The Morgan fingerprint density at radius 3 is 2.46 bits per heavy atom. The van der Waals surface area contributed by atoms with Crippen LogP contribution in [0, 0.1) is 20.8 Å². The Bertz CT molecular complexity index is 1540. The van der Waals surface area contributed by atoms with E-state index in [0.717, 1.165) is 28.1 Å². The third-order valence-corrected chi connectivity index (χ3v) is 6.66. The zero-order valence-corrected chi connectivity index (χ0v) is 20.6. The van der Waals surface area contributed by atoms with Crippen molar-refractivity contribution in [2.45, 2.75) is 38.3 Å². The van der Waals surface area contributed by atoms with E-state index in [1.54, 1.807) is 16.7 Å². The Balaban J connectivity index is 1.44. The van der Waals surface area contributed by atoms with Gasteiger partial charge in [-0.2, -0.15) is 0 Å². The quantitative estimate of drug-likeness (QED) is 0.301. The molecule has 0 aliphatic rings. The summed E-state index contributed by atoms with van der Waals surface area (Å²) in [6, 6.07) is 21.4. The molecule has 0 saturated carbocycles. The molecule has 2 aromatic carbocycles. The molecular formula is C27H25N5O2S. The molecule has 0 aliphatic heterocycles. The monoisotopic (exact) mass is 483 g/mol. The summed E-state index contributed by atoms with van der Waals surface area (Å²) in [5, 5.41) is 9.60. The van der Waals surface area contributed by atoms with Gasteiger partial charge in [-0.15, -0.1) is 10.2 Å². The third kappa shape index (κ3) is 4.83. The van der Waals surface area contributed by atoms with Crippen LogP contribution in [0.5, 0.6) is 5.75 Å². The van der Waals surface area contributed by atoms with Crippen molar-refractivity contribution in [3.05, 3.63) is 111 Å². The highest BCUT2D eigenvalue weighted by Crippen LogP contribution is 2.27. The summed E-state index contributed by atoms with van der Waals surface area (Å²) in [4.78, 5) is 17.2. The van der Waals surface area contributed by atoms with E-state index in [0.29, 0.717) is 28.1 Å². The van der Waals surface area contributed by atoms with Crippen molar-refractivity contribution in [3.63, 3.8) is 0 Å². The molecule has 0 atom stereocenters. The van der Waals surface area contributed by atoms with Gasteiger partial charge in [0, 0.05) is 23.7 Å². The van der Waals surface area contributed by atoms with Gasteiger partial charge in [-0.25, -0.2) is 4.98 Å². The van der Waals surface area contributed by atoms with Crippen LogP contribution >= 0.6 is 11.8 Å². The van der Waals surface area contributed by atoms with Crippen LogP contribution in [0.1, 0.15) is 28.2 Å². The van der Waals surface area contributed by atoms with Crippen molar-refractivity contribution >= 4 is 17.4 Å². The van der Waals surface area contributed by atoms with Crippen molar-refractivity contribution < 1.29 is 4.74 Å². The molecule has 0 amide bonds. The molecule has 0 unspecified atom stereocenters. The van der Waals surface area contributed by atoms with E-state index in [2.05, 4.69) is 15.2 Å². The molecule has 5 aromatic rings. The van der Waals surface area contributed by atoms with Crippen molar-refractivity contribution in [2.24, 2.45) is 0 Å². The van der Waals surface area contributed by atoms with Gasteiger partial charge in [-0.05, 0) is 61.7 Å². The number of rotatable bonds is 7. The van der Waals surface area contributed by atoms with Gasteiger partial charge in [0.05, 0.1) is 5.69 Å². The Morgan fingerprint density at radius 1 is 0.914 bits per heavy atom. The third-order valence-electron chi connectivity index (χ3n) is 5.69. The first kappa shape index (κ1) is 22.9. The van der Waals surface area contributed by atoms with Crippen molar-refractivity contribution in [1.82, 2.24) is 24.1 Å². The highest BCUT2D eigenvalue weighted by atomic mass is 32.2. The predicted molar refractivity (Wildman–Crippen MR) is 137 cm³/mol. The van der Waals surface area contributed by atoms with E-state index in [-0.39, 0.29) is 12.2 Å². The highest BCUT2D eigenvalue weighted by Gasteiger charge is 2.17. The van der Waals surface area contributed by atoms with E-state index in [1.165, 1.54) is 11.8 Å². The second-order valence-corrected chi connectivity index (χ2v) is 9.33. The Hall–Kier alpha value is -3.91. The van der Waals surface area contributed by atoms with Crippen LogP contribution in [-0.4, -0.2) is 24.1 Å².